The van der Waals surface area contributed by atoms with Gasteiger partial charge in [-0.1, -0.05) is 27.7 Å². The van der Waals surface area contributed by atoms with Crippen molar-refractivity contribution in [2.75, 3.05) is 31.5 Å². The maximum atomic E-state index is 12.1. The second-order valence-electron chi connectivity index (χ2n) is 6.59. The molecule has 0 spiro atoms. The monoisotopic (exact) mass is 348 g/mol. The van der Waals surface area contributed by atoms with Gasteiger partial charge in [0, 0.05) is 24.3 Å². The predicted octanol–water partition coefficient (Wildman–Crippen LogP) is 2.07. The van der Waals surface area contributed by atoms with E-state index < -0.39 is 6.04 Å². The third-order valence-corrected chi connectivity index (χ3v) is 4.08. The molecular formula is C19H32N4O2. The lowest BCUT2D eigenvalue weighted by atomic mass is 10.0. The Balaban J connectivity index is 2.49. The van der Waals surface area contributed by atoms with Crippen LogP contribution in [0, 0.1) is 5.92 Å². The van der Waals surface area contributed by atoms with Crippen LogP contribution in [0.3, 0.4) is 0 Å². The number of nitrogens with zero attached hydrogens (tertiary/aromatic N) is 1. The number of carbonyl (C=O) groups is 2. The van der Waals surface area contributed by atoms with Crippen molar-refractivity contribution in [2.45, 2.75) is 40.2 Å². The standard InChI is InChI=1S/C19H32N4O2/c1-5-23(6-2)12-11-21-18(24)15-7-9-16(10-8-15)22-19(25)17(20)13-14(3)4/h7-10,14,17H,5-6,11-13,20H2,1-4H3,(H,21,24)(H,22,25)/t17-/m0/s1. The van der Waals surface area contributed by atoms with Crippen LogP contribution in [0.25, 0.3) is 0 Å². The quantitative estimate of drug-likeness (QED) is 0.604. The molecule has 4 N–H and O–H groups in total. The largest absolute Gasteiger partial charge is 0.351 e. The van der Waals surface area contributed by atoms with Crippen molar-refractivity contribution in [1.29, 1.82) is 0 Å². The zero-order valence-corrected chi connectivity index (χ0v) is 15.8. The van der Waals surface area contributed by atoms with Crippen molar-refractivity contribution >= 4 is 17.5 Å². The van der Waals surface area contributed by atoms with E-state index in [1.54, 1.807) is 24.3 Å². The Kier molecular flexibility index (Phi) is 9.16. The Bertz CT molecular complexity index is 539. The molecule has 0 saturated carbocycles. The van der Waals surface area contributed by atoms with Gasteiger partial charge in [-0.25, -0.2) is 0 Å². The van der Waals surface area contributed by atoms with Crippen LogP contribution in [0.15, 0.2) is 24.3 Å². The zero-order valence-electron chi connectivity index (χ0n) is 15.8. The van der Waals surface area contributed by atoms with E-state index in [1.165, 1.54) is 0 Å². The van der Waals surface area contributed by atoms with Crippen molar-refractivity contribution in [3.8, 4) is 0 Å². The Labute approximate surface area is 151 Å². The van der Waals surface area contributed by atoms with E-state index in [0.29, 0.717) is 30.1 Å². The highest BCUT2D eigenvalue weighted by Crippen LogP contribution is 2.11. The summed E-state index contributed by atoms with van der Waals surface area (Å²) < 4.78 is 0. The summed E-state index contributed by atoms with van der Waals surface area (Å²) in [5, 5.41) is 5.69. The van der Waals surface area contributed by atoms with Crippen LogP contribution in [0.5, 0.6) is 0 Å². The Morgan fingerprint density at radius 2 is 1.72 bits per heavy atom. The lowest BCUT2D eigenvalue weighted by Crippen LogP contribution is -2.36. The molecular weight excluding hydrogens is 316 g/mol. The van der Waals surface area contributed by atoms with Crippen LogP contribution in [0.2, 0.25) is 0 Å². The van der Waals surface area contributed by atoms with Gasteiger partial charge in [-0.2, -0.15) is 0 Å². The molecule has 140 valence electrons. The van der Waals surface area contributed by atoms with Crippen molar-refractivity contribution in [3.63, 3.8) is 0 Å². The molecule has 0 aliphatic heterocycles. The van der Waals surface area contributed by atoms with E-state index in [0.717, 1.165) is 19.6 Å². The normalized spacial score (nSPS) is 12.3. The Morgan fingerprint density at radius 1 is 1.12 bits per heavy atom. The van der Waals surface area contributed by atoms with Gasteiger partial charge < -0.3 is 21.3 Å². The fraction of sp³-hybridized carbons (Fsp3) is 0.579. The van der Waals surface area contributed by atoms with Crippen molar-refractivity contribution in [1.82, 2.24) is 10.2 Å². The number of benzene rings is 1. The fourth-order valence-electron chi connectivity index (χ4n) is 2.52. The topological polar surface area (TPSA) is 87.5 Å². The number of anilines is 1. The number of likely N-dealkylation sites (N-methyl/N-ethyl adjacent to an activating group) is 1. The van der Waals surface area contributed by atoms with Crippen molar-refractivity contribution in [2.24, 2.45) is 11.7 Å². The molecule has 1 aromatic rings. The van der Waals surface area contributed by atoms with Crippen LogP contribution in [-0.2, 0) is 4.79 Å². The van der Waals surface area contributed by atoms with Crippen LogP contribution >= 0.6 is 0 Å². The third-order valence-electron chi connectivity index (χ3n) is 4.08. The lowest BCUT2D eigenvalue weighted by molar-refractivity contribution is -0.117. The van der Waals surface area contributed by atoms with Gasteiger partial charge in [0.15, 0.2) is 0 Å². The van der Waals surface area contributed by atoms with E-state index in [2.05, 4.69) is 29.4 Å². The van der Waals surface area contributed by atoms with Crippen LogP contribution in [0.1, 0.15) is 44.5 Å². The fourth-order valence-corrected chi connectivity index (χ4v) is 2.52. The van der Waals surface area contributed by atoms with Crippen LogP contribution in [0.4, 0.5) is 5.69 Å². The first-order chi connectivity index (χ1) is 11.9. The van der Waals surface area contributed by atoms with E-state index in [-0.39, 0.29) is 11.8 Å². The second kappa shape index (κ2) is 10.8. The maximum absolute atomic E-state index is 12.1. The number of nitrogens with one attached hydrogen (secondary N) is 2. The number of carbonyl (C=O) groups excluding carboxylic acids is 2. The predicted molar refractivity (Wildman–Crippen MR) is 103 cm³/mol. The molecule has 6 nitrogen and oxygen atoms in total. The van der Waals surface area contributed by atoms with Gasteiger partial charge in [-0.05, 0) is 49.7 Å². The third kappa shape index (κ3) is 7.67. The van der Waals surface area contributed by atoms with Crippen molar-refractivity contribution < 1.29 is 9.59 Å². The number of hydrogen-bond acceptors (Lipinski definition) is 4. The van der Waals surface area contributed by atoms with Crippen LogP contribution < -0.4 is 16.4 Å². The number of rotatable bonds is 10. The maximum Gasteiger partial charge on any atom is 0.251 e. The molecule has 0 bridgehead atoms. The molecule has 1 rings (SSSR count). The van der Waals surface area contributed by atoms with Gasteiger partial charge >= 0.3 is 0 Å². The van der Waals surface area contributed by atoms with E-state index >= 15 is 0 Å². The summed E-state index contributed by atoms with van der Waals surface area (Å²) in [6.45, 7) is 11.7. The van der Waals surface area contributed by atoms with Gasteiger partial charge in [0.1, 0.15) is 0 Å². The minimum atomic E-state index is -0.525. The molecule has 25 heavy (non-hydrogen) atoms. The van der Waals surface area contributed by atoms with Gasteiger partial charge in [0.05, 0.1) is 6.04 Å². The molecule has 0 unspecified atom stereocenters. The molecule has 0 saturated heterocycles. The first-order valence-corrected chi connectivity index (χ1v) is 9.04. The lowest BCUT2D eigenvalue weighted by Gasteiger charge is -2.18. The number of nitrogens with two attached hydrogens (primary N) is 1. The summed E-state index contributed by atoms with van der Waals surface area (Å²) in [5.74, 6) is 0.0508. The van der Waals surface area contributed by atoms with Gasteiger partial charge in [0.25, 0.3) is 5.91 Å². The summed E-state index contributed by atoms with van der Waals surface area (Å²) in [7, 11) is 0. The smallest absolute Gasteiger partial charge is 0.251 e. The molecule has 0 radical (unpaired) electrons. The molecule has 0 heterocycles. The second-order valence-corrected chi connectivity index (χ2v) is 6.59. The molecule has 0 fully saturated rings. The van der Waals surface area contributed by atoms with Crippen LogP contribution in [-0.4, -0.2) is 48.9 Å². The number of hydrogen-bond donors (Lipinski definition) is 3. The van der Waals surface area contributed by atoms with E-state index in [9.17, 15) is 9.59 Å². The molecule has 0 aliphatic carbocycles. The average Bonchev–Trinajstić information content (AvgIpc) is 2.58. The van der Waals surface area contributed by atoms with E-state index in [4.69, 9.17) is 5.73 Å². The highest BCUT2D eigenvalue weighted by atomic mass is 16.2. The minimum Gasteiger partial charge on any atom is -0.351 e. The Hall–Kier alpha value is -1.92. The summed E-state index contributed by atoms with van der Waals surface area (Å²) in [4.78, 5) is 26.4. The summed E-state index contributed by atoms with van der Waals surface area (Å²) >= 11 is 0. The van der Waals surface area contributed by atoms with E-state index in [1.807, 2.05) is 13.8 Å². The summed E-state index contributed by atoms with van der Waals surface area (Å²) in [5.41, 5.74) is 7.08. The summed E-state index contributed by atoms with van der Waals surface area (Å²) in [6, 6.07) is 6.33. The number of amides is 2. The first kappa shape index (κ1) is 21.1. The highest BCUT2D eigenvalue weighted by Gasteiger charge is 2.15. The molecule has 0 aromatic heterocycles. The molecule has 2 amide bonds. The van der Waals surface area contributed by atoms with Gasteiger partial charge in [-0.3, -0.25) is 9.59 Å². The molecule has 1 aromatic carbocycles. The van der Waals surface area contributed by atoms with Gasteiger partial charge in [-0.15, -0.1) is 0 Å². The zero-order chi connectivity index (χ0) is 18.8. The first-order valence-electron chi connectivity index (χ1n) is 9.04. The Morgan fingerprint density at radius 3 is 2.24 bits per heavy atom. The highest BCUT2D eigenvalue weighted by molar-refractivity contribution is 5.97. The molecule has 0 aliphatic rings. The van der Waals surface area contributed by atoms with Gasteiger partial charge in [0.2, 0.25) is 5.91 Å². The minimum absolute atomic E-state index is 0.110. The molecule has 1 atom stereocenters. The SMILES string of the molecule is CCN(CC)CCNC(=O)c1ccc(NC(=O)[C@@H](N)CC(C)C)cc1. The molecule has 6 heteroatoms. The summed E-state index contributed by atoms with van der Waals surface area (Å²) in [6.07, 6.45) is 0.638. The average molecular weight is 348 g/mol. The van der Waals surface area contributed by atoms with Crippen molar-refractivity contribution in [3.05, 3.63) is 29.8 Å².